The van der Waals surface area contributed by atoms with Crippen molar-refractivity contribution in [2.24, 2.45) is 0 Å². The highest BCUT2D eigenvalue weighted by molar-refractivity contribution is 7.90. The van der Waals surface area contributed by atoms with Crippen LogP contribution < -0.4 is 5.32 Å². The lowest BCUT2D eigenvalue weighted by Gasteiger charge is -2.10. The van der Waals surface area contributed by atoms with E-state index < -0.39 is 9.84 Å². The zero-order chi connectivity index (χ0) is 15.6. The summed E-state index contributed by atoms with van der Waals surface area (Å²) in [6.07, 6.45) is 4.38. The van der Waals surface area contributed by atoms with Gasteiger partial charge in [0, 0.05) is 18.2 Å². The summed E-state index contributed by atoms with van der Waals surface area (Å²) in [6, 6.07) is 7.49. The Kier molecular flexibility index (Phi) is 3.72. The fourth-order valence-electron chi connectivity index (χ4n) is 1.97. The van der Waals surface area contributed by atoms with Crippen LogP contribution in [0.25, 0.3) is 16.9 Å². The molecular formula is C13H14N6O2S. The number of hydrogen-bond acceptors (Lipinski definition) is 7. The van der Waals surface area contributed by atoms with Crippen molar-refractivity contribution in [1.29, 1.82) is 0 Å². The van der Waals surface area contributed by atoms with Crippen LogP contribution in [-0.2, 0) is 9.84 Å². The Morgan fingerprint density at radius 3 is 2.77 bits per heavy atom. The molecule has 0 aliphatic heterocycles. The van der Waals surface area contributed by atoms with Crippen molar-refractivity contribution in [2.45, 2.75) is 0 Å². The molecule has 0 unspecified atom stereocenters. The van der Waals surface area contributed by atoms with E-state index in [2.05, 4.69) is 25.6 Å². The van der Waals surface area contributed by atoms with Crippen LogP contribution in [0.5, 0.6) is 0 Å². The molecule has 1 aromatic carbocycles. The Hall–Kier alpha value is -2.55. The van der Waals surface area contributed by atoms with Crippen LogP contribution in [-0.4, -0.2) is 51.9 Å². The standard InChI is InChI=1S/C13H14N6O2S/c1-22(20,21)9-7-14-12-10-4-2-3-5-11(10)16-13(17-12)19-8-6-15-18-19/h2-6,8H,7,9H2,1H3,(H,14,16,17). The molecule has 0 saturated carbocycles. The zero-order valence-electron chi connectivity index (χ0n) is 11.8. The van der Waals surface area contributed by atoms with Gasteiger partial charge in [0.15, 0.2) is 0 Å². The summed E-state index contributed by atoms with van der Waals surface area (Å²) in [5.41, 5.74) is 0.741. The van der Waals surface area contributed by atoms with Gasteiger partial charge in [-0.1, -0.05) is 17.3 Å². The van der Waals surface area contributed by atoms with E-state index >= 15 is 0 Å². The van der Waals surface area contributed by atoms with Crippen molar-refractivity contribution in [3.63, 3.8) is 0 Å². The minimum Gasteiger partial charge on any atom is -0.368 e. The van der Waals surface area contributed by atoms with Gasteiger partial charge in [0.25, 0.3) is 5.95 Å². The molecule has 2 heterocycles. The third-order valence-corrected chi connectivity index (χ3v) is 3.93. The molecule has 2 aromatic heterocycles. The molecule has 0 radical (unpaired) electrons. The number of para-hydroxylation sites is 1. The fraction of sp³-hybridized carbons (Fsp3) is 0.231. The molecule has 8 nitrogen and oxygen atoms in total. The van der Waals surface area contributed by atoms with Gasteiger partial charge in [0.1, 0.15) is 15.7 Å². The van der Waals surface area contributed by atoms with E-state index in [0.29, 0.717) is 11.8 Å². The molecule has 0 amide bonds. The van der Waals surface area contributed by atoms with Gasteiger partial charge >= 0.3 is 0 Å². The Morgan fingerprint density at radius 1 is 1.23 bits per heavy atom. The number of hydrogen-bond donors (Lipinski definition) is 1. The monoisotopic (exact) mass is 318 g/mol. The number of aromatic nitrogens is 5. The van der Waals surface area contributed by atoms with Gasteiger partial charge in [-0.25, -0.2) is 13.4 Å². The first-order valence-electron chi connectivity index (χ1n) is 6.58. The van der Waals surface area contributed by atoms with Crippen LogP contribution in [0.2, 0.25) is 0 Å². The third-order valence-electron chi connectivity index (χ3n) is 2.98. The molecule has 3 rings (SSSR count). The minimum absolute atomic E-state index is 0.0317. The molecule has 1 N–H and O–H groups in total. The van der Waals surface area contributed by atoms with Crippen molar-refractivity contribution >= 4 is 26.6 Å². The Labute approximate surface area is 127 Å². The Morgan fingerprint density at radius 2 is 2.05 bits per heavy atom. The van der Waals surface area contributed by atoms with E-state index in [4.69, 9.17) is 0 Å². The largest absolute Gasteiger partial charge is 0.368 e. The molecule has 114 valence electrons. The van der Waals surface area contributed by atoms with Crippen LogP contribution in [0.1, 0.15) is 0 Å². The first kappa shape index (κ1) is 14.4. The Bertz CT molecular complexity index is 892. The van der Waals surface area contributed by atoms with Crippen molar-refractivity contribution < 1.29 is 8.42 Å². The van der Waals surface area contributed by atoms with Crippen LogP contribution >= 0.6 is 0 Å². The highest BCUT2D eigenvalue weighted by atomic mass is 32.2. The number of benzene rings is 1. The van der Waals surface area contributed by atoms with Gasteiger partial charge in [0.05, 0.1) is 23.7 Å². The molecule has 0 aliphatic carbocycles. The molecule has 0 atom stereocenters. The Balaban J connectivity index is 1.99. The molecule has 0 spiro atoms. The van der Waals surface area contributed by atoms with Gasteiger partial charge in [-0.05, 0) is 12.1 Å². The average Bonchev–Trinajstić information content (AvgIpc) is 3.00. The summed E-state index contributed by atoms with van der Waals surface area (Å²) in [7, 11) is -3.03. The lowest BCUT2D eigenvalue weighted by molar-refractivity contribution is 0.602. The lowest BCUT2D eigenvalue weighted by atomic mass is 10.2. The average molecular weight is 318 g/mol. The van der Waals surface area contributed by atoms with Crippen molar-refractivity contribution in [3.8, 4) is 5.95 Å². The molecular weight excluding hydrogens is 304 g/mol. The highest BCUT2D eigenvalue weighted by Gasteiger charge is 2.10. The van der Waals surface area contributed by atoms with Gasteiger partial charge in [-0.15, -0.1) is 5.10 Å². The maximum absolute atomic E-state index is 11.2. The molecule has 0 bridgehead atoms. The summed E-state index contributed by atoms with van der Waals surface area (Å²) in [5, 5.41) is 11.5. The van der Waals surface area contributed by atoms with E-state index in [1.165, 1.54) is 17.1 Å². The molecule has 0 aliphatic rings. The summed E-state index contributed by atoms with van der Waals surface area (Å²) in [6.45, 7) is 0.274. The molecule has 0 fully saturated rings. The molecule has 22 heavy (non-hydrogen) atoms. The van der Waals surface area contributed by atoms with E-state index in [1.54, 1.807) is 6.20 Å². The van der Waals surface area contributed by atoms with Gasteiger partial charge in [0.2, 0.25) is 0 Å². The van der Waals surface area contributed by atoms with Crippen LogP contribution in [0, 0.1) is 0 Å². The topological polar surface area (TPSA) is 103 Å². The van der Waals surface area contributed by atoms with E-state index in [9.17, 15) is 8.42 Å². The number of rotatable bonds is 5. The quantitative estimate of drug-likeness (QED) is 0.737. The maximum atomic E-state index is 11.2. The van der Waals surface area contributed by atoms with E-state index in [1.807, 2.05) is 24.3 Å². The second kappa shape index (κ2) is 5.68. The number of nitrogens with one attached hydrogen (secondary N) is 1. The predicted octanol–water partition coefficient (Wildman–Crippen LogP) is 0.667. The van der Waals surface area contributed by atoms with Crippen LogP contribution in [0.15, 0.2) is 36.7 Å². The van der Waals surface area contributed by atoms with E-state index in [-0.39, 0.29) is 12.3 Å². The fourth-order valence-corrected chi connectivity index (χ4v) is 2.44. The van der Waals surface area contributed by atoms with Gasteiger partial charge in [-0.3, -0.25) is 0 Å². The number of sulfone groups is 1. The summed E-state index contributed by atoms with van der Waals surface area (Å²) in [4.78, 5) is 8.83. The summed E-state index contributed by atoms with van der Waals surface area (Å²) < 4.78 is 23.9. The summed E-state index contributed by atoms with van der Waals surface area (Å²) in [5.74, 6) is 0.974. The van der Waals surface area contributed by atoms with E-state index in [0.717, 1.165) is 10.9 Å². The second-order valence-electron chi connectivity index (χ2n) is 4.79. The van der Waals surface area contributed by atoms with Gasteiger partial charge < -0.3 is 5.32 Å². The number of anilines is 1. The summed E-state index contributed by atoms with van der Waals surface area (Å²) >= 11 is 0. The first-order chi connectivity index (χ1) is 10.5. The van der Waals surface area contributed by atoms with Gasteiger partial charge in [-0.2, -0.15) is 9.67 Å². The van der Waals surface area contributed by atoms with Crippen molar-refractivity contribution in [1.82, 2.24) is 25.0 Å². The first-order valence-corrected chi connectivity index (χ1v) is 8.64. The SMILES string of the molecule is CS(=O)(=O)CCNc1nc(-n2ccnn2)nc2ccccc12. The third kappa shape index (κ3) is 3.19. The number of nitrogens with zero attached hydrogens (tertiary/aromatic N) is 5. The lowest BCUT2D eigenvalue weighted by Crippen LogP contribution is -2.16. The molecule has 9 heteroatoms. The van der Waals surface area contributed by atoms with Crippen LogP contribution in [0.4, 0.5) is 5.82 Å². The maximum Gasteiger partial charge on any atom is 0.254 e. The smallest absolute Gasteiger partial charge is 0.254 e. The number of fused-ring (bicyclic) bond motifs is 1. The normalized spacial score (nSPS) is 11.7. The van der Waals surface area contributed by atoms with Crippen molar-refractivity contribution in [3.05, 3.63) is 36.7 Å². The van der Waals surface area contributed by atoms with Crippen LogP contribution in [0.3, 0.4) is 0 Å². The predicted molar refractivity (Wildman–Crippen MR) is 82.7 cm³/mol. The molecule has 3 aromatic rings. The zero-order valence-corrected chi connectivity index (χ0v) is 12.7. The highest BCUT2D eigenvalue weighted by Crippen LogP contribution is 2.20. The minimum atomic E-state index is -3.03. The molecule has 0 saturated heterocycles. The van der Waals surface area contributed by atoms with Crippen molar-refractivity contribution in [2.75, 3.05) is 23.9 Å². The second-order valence-corrected chi connectivity index (χ2v) is 7.05.